The van der Waals surface area contributed by atoms with E-state index >= 15 is 0 Å². The van der Waals surface area contributed by atoms with Crippen molar-refractivity contribution < 1.29 is 9.47 Å². The Bertz CT molecular complexity index is 615. The van der Waals surface area contributed by atoms with E-state index in [0.29, 0.717) is 13.2 Å². The minimum Gasteiger partial charge on any atom is -0.486 e. The third kappa shape index (κ3) is 3.10. The minimum absolute atomic E-state index is 0.193. The molecule has 1 aromatic heterocycles. The molecule has 0 bridgehead atoms. The zero-order chi connectivity index (χ0) is 14.7. The molecule has 1 unspecified atom stereocenters. The van der Waals surface area contributed by atoms with Gasteiger partial charge in [-0.1, -0.05) is 19.9 Å². The number of nitrogens with one attached hydrogen (secondary N) is 1. The Morgan fingerprint density at radius 1 is 1.24 bits per heavy atom. The molecule has 112 valence electrons. The lowest BCUT2D eigenvalue weighted by Crippen LogP contribution is -2.16. The summed E-state index contributed by atoms with van der Waals surface area (Å²) < 4.78 is 15.5. The average Bonchev–Trinajstić information content (AvgIpc) is 3.00. The fourth-order valence-electron chi connectivity index (χ4n) is 2.30. The third-order valence-electron chi connectivity index (χ3n) is 3.46. The van der Waals surface area contributed by atoms with Crippen LogP contribution in [0.5, 0.6) is 11.5 Å². The van der Waals surface area contributed by atoms with E-state index in [-0.39, 0.29) is 6.04 Å². The number of aromatic nitrogens is 2. The first-order valence-electron chi connectivity index (χ1n) is 7.28. The summed E-state index contributed by atoms with van der Waals surface area (Å²) in [5.41, 5.74) is 1.18. The predicted molar refractivity (Wildman–Crippen MR) is 83.4 cm³/mol. The summed E-state index contributed by atoms with van der Waals surface area (Å²) >= 11 is 1.41. The fraction of sp³-hybridized carbons (Fsp3) is 0.467. The molecule has 6 heteroatoms. The second kappa shape index (κ2) is 6.30. The normalized spacial score (nSPS) is 14.8. The molecule has 0 amide bonds. The lowest BCUT2D eigenvalue weighted by atomic mass is 10.0. The quantitative estimate of drug-likeness (QED) is 0.917. The van der Waals surface area contributed by atoms with Crippen molar-refractivity contribution in [2.45, 2.75) is 32.7 Å². The summed E-state index contributed by atoms with van der Waals surface area (Å²) in [7, 11) is 0. The maximum Gasteiger partial charge on any atom is 0.203 e. The van der Waals surface area contributed by atoms with Crippen LogP contribution in [0.25, 0.3) is 0 Å². The molecule has 0 saturated carbocycles. The van der Waals surface area contributed by atoms with E-state index in [4.69, 9.17) is 9.47 Å². The molecule has 5 nitrogen and oxygen atoms in total. The Morgan fingerprint density at radius 2 is 2.05 bits per heavy atom. The molecule has 0 aliphatic carbocycles. The Labute approximate surface area is 128 Å². The van der Waals surface area contributed by atoms with Crippen LogP contribution >= 0.6 is 11.5 Å². The highest BCUT2D eigenvalue weighted by atomic mass is 32.1. The van der Waals surface area contributed by atoms with Gasteiger partial charge in [0.1, 0.15) is 19.0 Å². The van der Waals surface area contributed by atoms with E-state index in [1.165, 1.54) is 17.1 Å². The van der Waals surface area contributed by atoms with Crippen LogP contribution < -0.4 is 14.8 Å². The number of hydrogen-bond donors (Lipinski definition) is 1. The third-order valence-corrected chi connectivity index (χ3v) is 4.14. The molecule has 3 rings (SSSR count). The SMILES string of the molecule is CCc1nsc(NC(CC)c2ccc3c(c2)OCCO3)n1. The molecular formula is C15H19N3O2S. The molecule has 0 saturated heterocycles. The molecule has 1 N–H and O–H groups in total. The molecule has 1 atom stereocenters. The highest BCUT2D eigenvalue weighted by Gasteiger charge is 2.17. The van der Waals surface area contributed by atoms with E-state index < -0.39 is 0 Å². The van der Waals surface area contributed by atoms with Gasteiger partial charge in [-0.3, -0.25) is 0 Å². The number of ether oxygens (including phenoxy) is 2. The van der Waals surface area contributed by atoms with Crippen LogP contribution in [0.15, 0.2) is 18.2 Å². The summed E-state index contributed by atoms with van der Waals surface area (Å²) in [6, 6.07) is 6.30. The van der Waals surface area contributed by atoms with Crippen LogP contribution in [0.1, 0.15) is 37.7 Å². The number of aryl methyl sites for hydroxylation is 1. The van der Waals surface area contributed by atoms with Gasteiger partial charge in [0.05, 0.1) is 6.04 Å². The number of hydrogen-bond acceptors (Lipinski definition) is 6. The van der Waals surface area contributed by atoms with Gasteiger partial charge in [0, 0.05) is 18.0 Å². The Balaban J connectivity index is 1.79. The lowest BCUT2D eigenvalue weighted by molar-refractivity contribution is 0.171. The first kappa shape index (κ1) is 14.1. The highest BCUT2D eigenvalue weighted by Crippen LogP contribution is 2.34. The highest BCUT2D eigenvalue weighted by molar-refractivity contribution is 7.09. The molecule has 1 aromatic carbocycles. The fourth-order valence-corrected chi connectivity index (χ4v) is 3.01. The van der Waals surface area contributed by atoms with Gasteiger partial charge in [-0.15, -0.1) is 0 Å². The zero-order valence-corrected chi connectivity index (χ0v) is 13.1. The Morgan fingerprint density at radius 3 is 2.76 bits per heavy atom. The van der Waals surface area contributed by atoms with Crippen LogP contribution in [0.3, 0.4) is 0 Å². The minimum atomic E-state index is 0.193. The van der Waals surface area contributed by atoms with Crippen molar-refractivity contribution in [3.8, 4) is 11.5 Å². The smallest absolute Gasteiger partial charge is 0.203 e. The van der Waals surface area contributed by atoms with E-state index in [2.05, 4.69) is 40.7 Å². The van der Waals surface area contributed by atoms with Crippen LogP contribution in [0, 0.1) is 0 Å². The van der Waals surface area contributed by atoms with Crippen molar-refractivity contribution in [2.75, 3.05) is 18.5 Å². The van der Waals surface area contributed by atoms with Crippen LogP contribution in [-0.4, -0.2) is 22.6 Å². The zero-order valence-electron chi connectivity index (χ0n) is 12.3. The Kier molecular flexibility index (Phi) is 4.24. The van der Waals surface area contributed by atoms with Gasteiger partial charge in [-0.05, 0) is 24.1 Å². The Hall–Kier alpha value is -1.82. The van der Waals surface area contributed by atoms with Crippen molar-refractivity contribution in [3.05, 3.63) is 29.6 Å². The van der Waals surface area contributed by atoms with Gasteiger partial charge in [0.25, 0.3) is 0 Å². The number of nitrogens with zero attached hydrogens (tertiary/aromatic N) is 2. The van der Waals surface area contributed by atoms with Crippen molar-refractivity contribution in [1.29, 1.82) is 0 Å². The van der Waals surface area contributed by atoms with Crippen molar-refractivity contribution in [2.24, 2.45) is 0 Å². The molecule has 0 radical (unpaired) electrons. The van der Waals surface area contributed by atoms with Gasteiger partial charge < -0.3 is 14.8 Å². The predicted octanol–water partition coefficient (Wildman–Crippen LogP) is 3.43. The molecule has 2 aromatic rings. The van der Waals surface area contributed by atoms with Gasteiger partial charge in [-0.25, -0.2) is 4.98 Å². The van der Waals surface area contributed by atoms with Gasteiger partial charge >= 0.3 is 0 Å². The molecule has 1 aliphatic rings. The monoisotopic (exact) mass is 305 g/mol. The average molecular weight is 305 g/mol. The summed E-state index contributed by atoms with van der Waals surface area (Å²) in [4.78, 5) is 4.47. The maximum atomic E-state index is 5.65. The number of anilines is 1. The summed E-state index contributed by atoms with van der Waals surface area (Å²) in [5.74, 6) is 2.54. The van der Waals surface area contributed by atoms with Crippen LogP contribution in [0.4, 0.5) is 5.13 Å². The molecule has 0 fully saturated rings. The summed E-state index contributed by atoms with van der Waals surface area (Å²) in [6.07, 6.45) is 1.82. The molecule has 2 heterocycles. The lowest BCUT2D eigenvalue weighted by Gasteiger charge is -2.22. The van der Waals surface area contributed by atoms with E-state index in [1.807, 2.05) is 6.07 Å². The number of rotatable bonds is 5. The molecular weight excluding hydrogens is 286 g/mol. The summed E-state index contributed by atoms with van der Waals surface area (Å²) in [6.45, 7) is 5.43. The first-order chi connectivity index (χ1) is 10.3. The van der Waals surface area contributed by atoms with Gasteiger partial charge in [0.15, 0.2) is 11.5 Å². The van der Waals surface area contributed by atoms with Crippen molar-refractivity contribution in [1.82, 2.24) is 9.36 Å². The molecule has 21 heavy (non-hydrogen) atoms. The first-order valence-corrected chi connectivity index (χ1v) is 8.06. The standard InChI is InChI=1S/C15H19N3O2S/c1-3-11(16-15-17-14(4-2)18-21-15)10-5-6-12-13(9-10)20-8-7-19-12/h5-6,9,11H,3-4,7-8H2,1-2H3,(H,16,17,18). The summed E-state index contributed by atoms with van der Waals surface area (Å²) in [5, 5.41) is 4.32. The van der Waals surface area contributed by atoms with E-state index in [0.717, 1.165) is 35.3 Å². The topological polar surface area (TPSA) is 56.3 Å². The molecule has 1 aliphatic heterocycles. The van der Waals surface area contributed by atoms with Crippen molar-refractivity contribution >= 4 is 16.7 Å². The second-order valence-corrected chi connectivity index (χ2v) is 5.63. The van der Waals surface area contributed by atoms with E-state index in [1.54, 1.807) is 0 Å². The van der Waals surface area contributed by atoms with E-state index in [9.17, 15) is 0 Å². The van der Waals surface area contributed by atoms with Crippen LogP contribution in [0.2, 0.25) is 0 Å². The largest absolute Gasteiger partial charge is 0.486 e. The van der Waals surface area contributed by atoms with Crippen molar-refractivity contribution in [3.63, 3.8) is 0 Å². The van der Waals surface area contributed by atoms with Gasteiger partial charge in [0.2, 0.25) is 5.13 Å². The van der Waals surface area contributed by atoms with Crippen LogP contribution in [-0.2, 0) is 6.42 Å². The van der Waals surface area contributed by atoms with Gasteiger partial charge in [-0.2, -0.15) is 4.37 Å². The second-order valence-electron chi connectivity index (χ2n) is 4.88. The number of benzene rings is 1. The maximum absolute atomic E-state index is 5.65. The number of fused-ring (bicyclic) bond motifs is 1. The molecule has 0 spiro atoms.